The van der Waals surface area contributed by atoms with Gasteiger partial charge in [0.05, 0.1) is 0 Å². The zero-order chi connectivity index (χ0) is 16.2. The highest BCUT2D eigenvalue weighted by atomic mass is 16.2. The van der Waals surface area contributed by atoms with Gasteiger partial charge in [0.1, 0.15) is 5.69 Å². The smallest absolute Gasteiger partial charge is 0.272 e. The molecule has 0 atom stereocenters. The summed E-state index contributed by atoms with van der Waals surface area (Å²) in [6.45, 7) is 8.32. The van der Waals surface area contributed by atoms with Gasteiger partial charge in [-0.2, -0.15) is 5.10 Å². The Morgan fingerprint density at radius 2 is 1.96 bits per heavy atom. The quantitative estimate of drug-likeness (QED) is 0.813. The maximum Gasteiger partial charge on any atom is 0.272 e. The second kappa shape index (κ2) is 6.91. The van der Waals surface area contributed by atoms with E-state index < -0.39 is 0 Å². The van der Waals surface area contributed by atoms with Gasteiger partial charge in [-0.05, 0) is 37.2 Å². The molecule has 1 aliphatic heterocycles. The molecule has 122 valence electrons. The molecule has 0 bridgehead atoms. The molecule has 0 radical (unpaired) electrons. The Hall–Kier alpha value is -2.21. The average Bonchev–Trinajstić information content (AvgIpc) is 3.02. The van der Waals surface area contributed by atoms with E-state index in [0.29, 0.717) is 18.3 Å². The van der Waals surface area contributed by atoms with Crippen LogP contribution < -0.4 is 0 Å². The third-order valence-electron chi connectivity index (χ3n) is 4.44. The maximum atomic E-state index is 12.5. The van der Waals surface area contributed by atoms with Crippen LogP contribution >= 0.6 is 0 Å². The van der Waals surface area contributed by atoms with E-state index in [1.54, 1.807) is 16.9 Å². The molecule has 0 aliphatic carbocycles. The third kappa shape index (κ3) is 3.27. The van der Waals surface area contributed by atoms with Crippen molar-refractivity contribution < 1.29 is 4.79 Å². The second-order valence-electron chi connectivity index (χ2n) is 5.81. The van der Waals surface area contributed by atoms with Crippen molar-refractivity contribution >= 4 is 5.91 Å². The van der Waals surface area contributed by atoms with Gasteiger partial charge in [0.25, 0.3) is 5.91 Å². The van der Waals surface area contributed by atoms with Crippen molar-refractivity contribution in [2.75, 3.05) is 19.6 Å². The zero-order valence-corrected chi connectivity index (χ0v) is 13.7. The molecule has 1 saturated heterocycles. The Bertz CT molecular complexity index is 648. The molecule has 1 amide bonds. The van der Waals surface area contributed by atoms with Gasteiger partial charge in [-0.25, -0.2) is 0 Å². The predicted molar refractivity (Wildman–Crippen MR) is 87.9 cm³/mol. The van der Waals surface area contributed by atoms with Crippen LogP contribution in [0.4, 0.5) is 0 Å². The van der Waals surface area contributed by atoms with Gasteiger partial charge in [-0.1, -0.05) is 6.92 Å². The van der Waals surface area contributed by atoms with Gasteiger partial charge < -0.3 is 4.90 Å². The number of pyridine rings is 1. The van der Waals surface area contributed by atoms with Crippen LogP contribution in [0.3, 0.4) is 0 Å². The van der Waals surface area contributed by atoms with Crippen molar-refractivity contribution in [1.82, 2.24) is 24.6 Å². The van der Waals surface area contributed by atoms with Crippen molar-refractivity contribution in [2.24, 2.45) is 0 Å². The summed E-state index contributed by atoms with van der Waals surface area (Å²) < 4.78 is 1.75. The van der Waals surface area contributed by atoms with Crippen molar-refractivity contribution in [2.45, 2.75) is 33.0 Å². The number of amides is 1. The standard InChI is InChI=1S/C17H23N5O/c1-3-20(11-14-5-8-18-9-6-14)15-12-21(13-15)17(23)16-7-10-19-22(16)4-2/h5-10,15H,3-4,11-13H2,1-2H3. The van der Waals surface area contributed by atoms with Crippen LogP contribution in [-0.4, -0.2) is 56.1 Å². The molecular formula is C17H23N5O. The molecule has 6 heteroatoms. The monoisotopic (exact) mass is 313 g/mol. The summed E-state index contributed by atoms with van der Waals surface area (Å²) in [6, 6.07) is 6.32. The van der Waals surface area contributed by atoms with E-state index in [4.69, 9.17) is 0 Å². The van der Waals surface area contributed by atoms with E-state index in [1.165, 1.54) is 5.56 Å². The molecule has 1 fully saturated rings. The number of aryl methyl sites for hydroxylation is 1. The highest BCUT2D eigenvalue weighted by molar-refractivity contribution is 5.93. The van der Waals surface area contributed by atoms with Crippen LogP contribution in [0.2, 0.25) is 0 Å². The fourth-order valence-electron chi connectivity index (χ4n) is 3.00. The number of nitrogens with zero attached hydrogens (tertiary/aromatic N) is 5. The molecular weight excluding hydrogens is 290 g/mol. The molecule has 0 unspecified atom stereocenters. The van der Waals surface area contributed by atoms with Crippen LogP contribution in [0, 0.1) is 0 Å². The van der Waals surface area contributed by atoms with Crippen molar-refractivity contribution in [3.63, 3.8) is 0 Å². The van der Waals surface area contributed by atoms with Gasteiger partial charge in [-0.15, -0.1) is 0 Å². The number of hydrogen-bond donors (Lipinski definition) is 0. The number of aromatic nitrogens is 3. The summed E-state index contributed by atoms with van der Waals surface area (Å²) in [7, 11) is 0. The minimum atomic E-state index is 0.0839. The number of likely N-dealkylation sites (tertiary alicyclic amines) is 1. The summed E-state index contributed by atoms with van der Waals surface area (Å²) in [6.07, 6.45) is 5.34. The number of carbonyl (C=O) groups excluding carboxylic acids is 1. The lowest BCUT2D eigenvalue weighted by atomic mass is 10.1. The molecule has 3 heterocycles. The van der Waals surface area contributed by atoms with Gasteiger partial charge >= 0.3 is 0 Å². The molecule has 2 aromatic heterocycles. The first-order chi connectivity index (χ1) is 11.2. The van der Waals surface area contributed by atoms with Crippen molar-refractivity contribution in [1.29, 1.82) is 0 Å². The largest absolute Gasteiger partial charge is 0.334 e. The molecule has 6 nitrogen and oxygen atoms in total. The molecule has 1 aliphatic rings. The van der Waals surface area contributed by atoms with Crippen molar-refractivity contribution in [3.05, 3.63) is 48.0 Å². The average molecular weight is 313 g/mol. The van der Waals surface area contributed by atoms with E-state index in [0.717, 1.165) is 26.2 Å². The highest BCUT2D eigenvalue weighted by Crippen LogP contribution is 2.20. The van der Waals surface area contributed by atoms with Crippen LogP contribution in [0.15, 0.2) is 36.8 Å². The lowest BCUT2D eigenvalue weighted by molar-refractivity contribution is 0.0244. The lowest BCUT2D eigenvalue weighted by Gasteiger charge is -2.45. The van der Waals surface area contributed by atoms with Gasteiger partial charge in [-0.3, -0.25) is 19.4 Å². The fraction of sp³-hybridized carbons (Fsp3) is 0.471. The molecule has 0 N–H and O–H groups in total. The highest BCUT2D eigenvalue weighted by Gasteiger charge is 2.35. The summed E-state index contributed by atoms with van der Waals surface area (Å²) in [5.41, 5.74) is 1.94. The third-order valence-corrected chi connectivity index (χ3v) is 4.44. The summed E-state index contributed by atoms with van der Waals surface area (Å²) >= 11 is 0. The predicted octanol–water partition coefficient (Wildman–Crippen LogP) is 1.64. The Morgan fingerprint density at radius 3 is 2.61 bits per heavy atom. The van der Waals surface area contributed by atoms with Gasteiger partial charge in [0.15, 0.2) is 0 Å². The number of carbonyl (C=O) groups is 1. The lowest BCUT2D eigenvalue weighted by Crippen LogP contribution is -2.61. The Kier molecular flexibility index (Phi) is 4.71. The first kappa shape index (κ1) is 15.7. The molecule has 0 saturated carbocycles. The van der Waals surface area contributed by atoms with Crippen LogP contribution in [0.1, 0.15) is 29.9 Å². The number of likely N-dealkylation sites (N-methyl/N-ethyl adjacent to an activating group) is 1. The van der Waals surface area contributed by atoms with Crippen molar-refractivity contribution in [3.8, 4) is 0 Å². The van der Waals surface area contributed by atoms with Gasteiger partial charge in [0, 0.05) is 50.8 Å². The molecule has 23 heavy (non-hydrogen) atoms. The SMILES string of the molecule is CCN(Cc1ccncc1)C1CN(C(=O)c2ccnn2CC)C1. The summed E-state index contributed by atoms with van der Waals surface area (Å²) in [5, 5.41) is 4.18. The molecule has 3 rings (SSSR count). The first-order valence-corrected chi connectivity index (χ1v) is 8.17. The molecule has 0 spiro atoms. The Balaban J connectivity index is 1.58. The normalized spacial score (nSPS) is 15.0. The number of hydrogen-bond acceptors (Lipinski definition) is 4. The minimum Gasteiger partial charge on any atom is -0.334 e. The van der Waals surface area contributed by atoms with E-state index in [1.807, 2.05) is 36.4 Å². The van der Waals surface area contributed by atoms with Crippen LogP contribution in [-0.2, 0) is 13.1 Å². The Morgan fingerprint density at radius 1 is 1.22 bits per heavy atom. The topological polar surface area (TPSA) is 54.3 Å². The van der Waals surface area contributed by atoms with E-state index >= 15 is 0 Å². The van der Waals surface area contributed by atoms with Gasteiger partial charge in [0.2, 0.25) is 0 Å². The number of rotatable bonds is 6. The Labute approximate surface area is 136 Å². The maximum absolute atomic E-state index is 12.5. The van der Waals surface area contributed by atoms with E-state index in [9.17, 15) is 4.79 Å². The minimum absolute atomic E-state index is 0.0839. The summed E-state index contributed by atoms with van der Waals surface area (Å²) in [4.78, 5) is 20.9. The van der Waals surface area contributed by atoms with Crippen LogP contribution in [0.5, 0.6) is 0 Å². The zero-order valence-electron chi connectivity index (χ0n) is 13.7. The van der Waals surface area contributed by atoms with E-state index in [-0.39, 0.29) is 5.91 Å². The first-order valence-electron chi connectivity index (χ1n) is 8.17. The summed E-state index contributed by atoms with van der Waals surface area (Å²) in [5.74, 6) is 0.0839. The molecule has 2 aromatic rings. The fourth-order valence-corrected chi connectivity index (χ4v) is 3.00. The van der Waals surface area contributed by atoms with Crippen LogP contribution in [0.25, 0.3) is 0 Å². The molecule has 0 aromatic carbocycles. The van der Waals surface area contributed by atoms with E-state index in [2.05, 4.69) is 21.9 Å². The second-order valence-corrected chi connectivity index (χ2v) is 5.81.